The molecule has 0 aliphatic heterocycles. The molecule has 1 radical (unpaired) electrons. The van der Waals surface area contributed by atoms with Crippen LogP contribution >= 0.6 is 0 Å². The van der Waals surface area contributed by atoms with Gasteiger partial charge in [0.2, 0.25) is 0 Å². The van der Waals surface area contributed by atoms with Gasteiger partial charge in [0, 0.05) is 35.9 Å². The monoisotopic (exact) mass is 266 g/mol. The first-order valence-corrected chi connectivity index (χ1v) is 6.68. The molecule has 2 aromatic heterocycles. The zero-order valence-electron chi connectivity index (χ0n) is 11.1. The van der Waals surface area contributed by atoms with Crippen molar-refractivity contribution < 1.29 is 4.74 Å². The summed E-state index contributed by atoms with van der Waals surface area (Å²) < 4.78 is 5.73. The van der Waals surface area contributed by atoms with Crippen molar-refractivity contribution in [2.24, 2.45) is 0 Å². The second kappa shape index (κ2) is 6.10. The second-order valence-corrected chi connectivity index (χ2v) is 4.48. The Morgan fingerprint density at radius 1 is 1.25 bits per heavy atom. The molecule has 0 spiro atoms. The summed E-state index contributed by atoms with van der Waals surface area (Å²) >= 11 is 0. The van der Waals surface area contributed by atoms with Crippen molar-refractivity contribution in [1.29, 1.82) is 0 Å². The van der Waals surface area contributed by atoms with E-state index in [1.54, 1.807) is 6.20 Å². The summed E-state index contributed by atoms with van der Waals surface area (Å²) in [6, 6.07) is 14.9. The molecule has 20 heavy (non-hydrogen) atoms. The van der Waals surface area contributed by atoms with Crippen molar-refractivity contribution in [3.8, 4) is 5.75 Å². The topological polar surface area (TPSA) is 49.9 Å². The normalized spacial score (nSPS) is 10.6. The van der Waals surface area contributed by atoms with E-state index in [1.165, 1.54) is 0 Å². The molecule has 0 aliphatic carbocycles. The molecule has 2 heterocycles. The Hall–Kier alpha value is -2.49. The number of benzene rings is 1. The minimum absolute atomic E-state index is 0.676. The van der Waals surface area contributed by atoms with Crippen molar-refractivity contribution in [1.82, 2.24) is 9.97 Å². The fourth-order valence-corrected chi connectivity index (χ4v) is 2.00. The Labute approximate surface area is 117 Å². The highest BCUT2D eigenvalue weighted by Gasteiger charge is 1.98. The van der Waals surface area contributed by atoms with Gasteiger partial charge < -0.3 is 15.0 Å². The van der Waals surface area contributed by atoms with Gasteiger partial charge in [-0.2, -0.15) is 0 Å². The maximum absolute atomic E-state index is 5.73. The Bertz CT molecular complexity index is 664. The van der Waals surface area contributed by atoms with Crippen LogP contribution in [0.5, 0.6) is 5.75 Å². The number of aromatic nitrogens is 2. The summed E-state index contributed by atoms with van der Waals surface area (Å²) in [4.78, 5) is 7.32. The van der Waals surface area contributed by atoms with Gasteiger partial charge in [-0.05, 0) is 36.8 Å². The van der Waals surface area contributed by atoms with Crippen molar-refractivity contribution in [2.75, 3.05) is 18.5 Å². The number of ether oxygens (including phenoxy) is 1. The molecule has 0 aliphatic rings. The van der Waals surface area contributed by atoms with Crippen LogP contribution in [-0.2, 0) is 0 Å². The molecule has 4 nitrogen and oxygen atoms in total. The molecular weight excluding hydrogens is 250 g/mol. The summed E-state index contributed by atoms with van der Waals surface area (Å²) in [6.45, 7) is 1.52. The number of hydrogen-bond donors (Lipinski definition) is 2. The van der Waals surface area contributed by atoms with Crippen LogP contribution in [0.3, 0.4) is 0 Å². The highest BCUT2D eigenvalue weighted by Crippen LogP contribution is 2.19. The number of nitrogens with zero attached hydrogens (tertiary/aromatic N) is 1. The average molecular weight is 266 g/mol. The lowest BCUT2D eigenvalue weighted by Crippen LogP contribution is -2.08. The SMILES string of the molecule is [c]1c[nH]c2ccc(OCCCNc3ccccn3)cc12. The minimum atomic E-state index is 0.676. The molecule has 3 rings (SSSR count). The van der Waals surface area contributed by atoms with Gasteiger partial charge in [-0.1, -0.05) is 6.07 Å². The van der Waals surface area contributed by atoms with Gasteiger partial charge in [-0.15, -0.1) is 0 Å². The quantitative estimate of drug-likeness (QED) is 0.673. The Morgan fingerprint density at radius 3 is 3.15 bits per heavy atom. The predicted octanol–water partition coefficient (Wildman–Crippen LogP) is 3.24. The molecule has 0 saturated heterocycles. The van der Waals surface area contributed by atoms with Crippen LogP contribution in [0.1, 0.15) is 6.42 Å². The van der Waals surface area contributed by atoms with Crippen molar-refractivity contribution in [3.63, 3.8) is 0 Å². The number of H-pyrrole nitrogens is 1. The highest BCUT2D eigenvalue weighted by molar-refractivity contribution is 5.80. The van der Waals surface area contributed by atoms with Crippen LogP contribution < -0.4 is 10.1 Å². The lowest BCUT2D eigenvalue weighted by atomic mass is 10.2. The van der Waals surface area contributed by atoms with E-state index in [0.29, 0.717) is 6.61 Å². The number of fused-ring (bicyclic) bond motifs is 1. The molecule has 101 valence electrons. The lowest BCUT2D eigenvalue weighted by molar-refractivity contribution is 0.315. The van der Waals surface area contributed by atoms with E-state index in [9.17, 15) is 0 Å². The summed E-state index contributed by atoms with van der Waals surface area (Å²) in [5.74, 6) is 1.78. The Balaban J connectivity index is 1.43. The second-order valence-electron chi connectivity index (χ2n) is 4.48. The van der Waals surface area contributed by atoms with Gasteiger partial charge in [0.05, 0.1) is 6.61 Å². The first-order valence-electron chi connectivity index (χ1n) is 6.68. The summed E-state index contributed by atoms with van der Waals surface area (Å²) in [6.07, 6.45) is 4.51. The molecule has 1 aromatic carbocycles. The van der Waals surface area contributed by atoms with E-state index in [2.05, 4.69) is 21.4 Å². The molecule has 0 fully saturated rings. The van der Waals surface area contributed by atoms with Gasteiger partial charge in [0.25, 0.3) is 0 Å². The van der Waals surface area contributed by atoms with Gasteiger partial charge in [-0.25, -0.2) is 4.98 Å². The number of anilines is 1. The average Bonchev–Trinajstić information content (AvgIpc) is 2.95. The van der Waals surface area contributed by atoms with Crippen LogP contribution in [0.2, 0.25) is 0 Å². The largest absolute Gasteiger partial charge is 0.494 e. The first kappa shape index (κ1) is 12.5. The van der Waals surface area contributed by atoms with Gasteiger partial charge in [0.15, 0.2) is 0 Å². The van der Waals surface area contributed by atoms with E-state index in [0.717, 1.165) is 35.4 Å². The van der Waals surface area contributed by atoms with Gasteiger partial charge in [0.1, 0.15) is 11.6 Å². The van der Waals surface area contributed by atoms with Gasteiger partial charge >= 0.3 is 0 Å². The van der Waals surface area contributed by atoms with Crippen LogP contribution in [-0.4, -0.2) is 23.1 Å². The minimum Gasteiger partial charge on any atom is -0.494 e. The fraction of sp³-hybridized carbons (Fsp3) is 0.188. The molecule has 0 amide bonds. The molecule has 2 N–H and O–H groups in total. The number of pyridine rings is 1. The molecule has 0 saturated carbocycles. The zero-order chi connectivity index (χ0) is 13.6. The molecule has 0 bridgehead atoms. The van der Waals surface area contributed by atoms with Crippen LogP contribution in [0.4, 0.5) is 5.82 Å². The molecular formula is C16H16N3O. The standard InChI is InChI=1S/C16H16N3O/c1-2-8-18-16(4-1)19-9-3-11-20-14-5-6-15-13(12-14)7-10-17-15/h1-2,4-6,8,10,12,17H,3,9,11H2,(H,18,19). The lowest BCUT2D eigenvalue weighted by Gasteiger charge is -2.07. The van der Waals surface area contributed by atoms with E-state index in [1.807, 2.05) is 42.6 Å². The van der Waals surface area contributed by atoms with Crippen LogP contribution in [0.25, 0.3) is 10.9 Å². The van der Waals surface area contributed by atoms with Gasteiger partial charge in [-0.3, -0.25) is 0 Å². The molecule has 4 heteroatoms. The smallest absolute Gasteiger partial charge is 0.125 e. The third-order valence-corrected chi connectivity index (χ3v) is 3.01. The van der Waals surface area contributed by atoms with Crippen molar-refractivity contribution in [3.05, 3.63) is 54.9 Å². The number of nitrogens with one attached hydrogen (secondary N) is 2. The fourth-order valence-electron chi connectivity index (χ4n) is 2.00. The first-order chi connectivity index (χ1) is 9.92. The maximum Gasteiger partial charge on any atom is 0.125 e. The number of rotatable bonds is 6. The number of aromatic amines is 1. The zero-order valence-corrected chi connectivity index (χ0v) is 11.1. The highest BCUT2D eigenvalue weighted by atomic mass is 16.5. The summed E-state index contributed by atoms with van der Waals surface area (Å²) in [5.41, 5.74) is 1.08. The molecule has 0 atom stereocenters. The van der Waals surface area contributed by atoms with E-state index in [4.69, 9.17) is 4.74 Å². The van der Waals surface area contributed by atoms with E-state index in [-0.39, 0.29) is 0 Å². The summed E-state index contributed by atoms with van der Waals surface area (Å²) in [5, 5.41) is 4.30. The number of hydrogen-bond acceptors (Lipinski definition) is 3. The Kier molecular flexibility index (Phi) is 3.83. The third-order valence-electron chi connectivity index (χ3n) is 3.01. The maximum atomic E-state index is 5.73. The van der Waals surface area contributed by atoms with Crippen molar-refractivity contribution >= 4 is 16.7 Å². The van der Waals surface area contributed by atoms with Crippen molar-refractivity contribution in [2.45, 2.75) is 6.42 Å². The van der Waals surface area contributed by atoms with Crippen LogP contribution in [0, 0.1) is 6.07 Å². The molecule has 0 unspecified atom stereocenters. The molecule has 3 aromatic rings. The summed E-state index contributed by atoms with van der Waals surface area (Å²) in [7, 11) is 0. The third kappa shape index (κ3) is 3.09. The van der Waals surface area contributed by atoms with Crippen LogP contribution in [0.15, 0.2) is 48.8 Å². The van der Waals surface area contributed by atoms with E-state index < -0.39 is 0 Å². The van der Waals surface area contributed by atoms with E-state index >= 15 is 0 Å². The Morgan fingerprint density at radius 2 is 2.25 bits per heavy atom. The predicted molar refractivity (Wildman–Crippen MR) is 80.0 cm³/mol.